The topological polar surface area (TPSA) is 124 Å². The second-order valence-corrected chi connectivity index (χ2v) is 6.24. The highest BCUT2D eigenvalue weighted by atomic mass is 16.6. The van der Waals surface area contributed by atoms with Crippen LogP contribution in [0.5, 0.6) is 17.2 Å². The first-order valence-electron chi connectivity index (χ1n) is 8.61. The Balaban J connectivity index is 2.28. The van der Waals surface area contributed by atoms with Crippen molar-refractivity contribution in [3.63, 3.8) is 0 Å². The maximum absolute atomic E-state index is 11.9. The van der Waals surface area contributed by atoms with Gasteiger partial charge in [-0.05, 0) is 29.8 Å². The van der Waals surface area contributed by atoms with E-state index in [4.69, 9.17) is 9.47 Å². The van der Waals surface area contributed by atoms with Crippen LogP contribution in [0.4, 0.5) is 5.69 Å². The van der Waals surface area contributed by atoms with Crippen LogP contribution in [0.3, 0.4) is 0 Å². The molecule has 2 aromatic carbocycles. The van der Waals surface area contributed by atoms with E-state index in [2.05, 4.69) is 10.3 Å². The zero-order valence-corrected chi connectivity index (χ0v) is 16.0. The summed E-state index contributed by atoms with van der Waals surface area (Å²) in [5, 5.41) is 25.4. The first-order valence-corrected chi connectivity index (χ1v) is 8.61. The lowest BCUT2D eigenvalue weighted by atomic mass is 9.95. The minimum Gasteiger partial charge on any atom is -0.505 e. The van der Waals surface area contributed by atoms with E-state index in [9.17, 15) is 20.0 Å². The largest absolute Gasteiger partial charge is 0.505 e. The van der Waals surface area contributed by atoms with Crippen molar-refractivity contribution in [1.29, 1.82) is 0 Å². The van der Waals surface area contributed by atoms with Crippen molar-refractivity contribution in [2.75, 3.05) is 14.2 Å². The van der Waals surface area contributed by atoms with Gasteiger partial charge in [0.15, 0.2) is 11.5 Å². The van der Waals surface area contributed by atoms with E-state index >= 15 is 0 Å². The molecular weight excluding hydrogens is 378 g/mol. The zero-order chi connectivity index (χ0) is 21.1. The van der Waals surface area contributed by atoms with Gasteiger partial charge in [0, 0.05) is 24.8 Å². The Morgan fingerprint density at radius 1 is 1.21 bits per heavy atom. The Morgan fingerprint density at radius 3 is 2.55 bits per heavy atom. The minimum atomic E-state index is -0.877. The summed E-state index contributed by atoms with van der Waals surface area (Å²) in [4.78, 5) is 27.0. The number of benzene rings is 2. The SMILES string of the molecule is COc1ccc([C@@H](NC(C)=O)c2cc([N+](=O)[O-])c3cccnc3c2O)cc1OC. The quantitative estimate of drug-likeness (QED) is 0.484. The van der Waals surface area contributed by atoms with Gasteiger partial charge in [-0.2, -0.15) is 0 Å². The fourth-order valence-electron chi connectivity index (χ4n) is 3.18. The van der Waals surface area contributed by atoms with Gasteiger partial charge in [-0.1, -0.05) is 6.07 Å². The lowest BCUT2D eigenvalue weighted by Crippen LogP contribution is -2.27. The van der Waals surface area contributed by atoms with Crippen molar-refractivity contribution in [3.8, 4) is 17.2 Å². The molecule has 0 spiro atoms. The second kappa shape index (κ2) is 8.01. The predicted molar refractivity (Wildman–Crippen MR) is 105 cm³/mol. The lowest BCUT2D eigenvalue weighted by molar-refractivity contribution is -0.383. The number of nitro groups is 1. The van der Waals surface area contributed by atoms with E-state index in [1.165, 1.54) is 39.5 Å². The van der Waals surface area contributed by atoms with E-state index in [0.717, 1.165) is 0 Å². The van der Waals surface area contributed by atoms with Crippen molar-refractivity contribution < 1.29 is 24.3 Å². The zero-order valence-electron chi connectivity index (χ0n) is 16.0. The Kier molecular flexibility index (Phi) is 5.49. The highest BCUT2D eigenvalue weighted by Crippen LogP contribution is 2.40. The van der Waals surface area contributed by atoms with Crippen LogP contribution in [0.25, 0.3) is 10.9 Å². The third-order valence-electron chi connectivity index (χ3n) is 4.47. The number of nitrogens with zero attached hydrogens (tertiary/aromatic N) is 2. The molecule has 3 rings (SSSR count). The number of rotatable bonds is 6. The number of non-ortho nitro benzene ring substituents is 1. The maximum Gasteiger partial charge on any atom is 0.279 e. The predicted octanol–water partition coefficient (Wildman–Crippen LogP) is 3.09. The number of fused-ring (bicyclic) bond motifs is 1. The van der Waals surface area contributed by atoms with Gasteiger partial charge in [0.2, 0.25) is 5.91 Å². The summed E-state index contributed by atoms with van der Waals surface area (Å²) < 4.78 is 10.5. The van der Waals surface area contributed by atoms with Crippen LogP contribution in [0.2, 0.25) is 0 Å². The molecule has 0 saturated carbocycles. The Hall–Kier alpha value is -3.88. The molecule has 0 saturated heterocycles. The number of carbonyl (C=O) groups is 1. The molecule has 0 unspecified atom stereocenters. The van der Waals surface area contributed by atoms with Crippen LogP contribution in [0, 0.1) is 10.1 Å². The monoisotopic (exact) mass is 397 g/mol. The molecule has 1 aromatic heterocycles. The molecule has 0 aliphatic carbocycles. The molecule has 3 aromatic rings. The van der Waals surface area contributed by atoms with Gasteiger partial charge >= 0.3 is 0 Å². The Labute approximate surface area is 166 Å². The van der Waals surface area contributed by atoms with Crippen LogP contribution in [0.15, 0.2) is 42.6 Å². The smallest absolute Gasteiger partial charge is 0.279 e. The van der Waals surface area contributed by atoms with Crippen LogP contribution < -0.4 is 14.8 Å². The molecule has 0 aliphatic heterocycles. The molecule has 1 amide bonds. The second-order valence-electron chi connectivity index (χ2n) is 6.24. The van der Waals surface area contributed by atoms with Crippen molar-refractivity contribution >= 4 is 22.5 Å². The molecular formula is C20H19N3O6. The van der Waals surface area contributed by atoms with Gasteiger partial charge in [0.25, 0.3) is 5.69 Å². The number of aromatic nitrogens is 1. The lowest BCUT2D eigenvalue weighted by Gasteiger charge is -2.21. The summed E-state index contributed by atoms with van der Waals surface area (Å²) in [5.41, 5.74) is 0.535. The van der Waals surface area contributed by atoms with E-state index in [1.807, 2.05) is 0 Å². The van der Waals surface area contributed by atoms with Gasteiger partial charge in [-0.15, -0.1) is 0 Å². The molecule has 2 N–H and O–H groups in total. The molecule has 29 heavy (non-hydrogen) atoms. The van der Waals surface area contributed by atoms with Crippen molar-refractivity contribution in [2.24, 2.45) is 0 Å². The first kappa shape index (κ1) is 19.9. The van der Waals surface area contributed by atoms with E-state index in [-0.39, 0.29) is 33.8 Å². The average molecular weight is 397 g/mol. The van der Waals surface area contributed by atoms with Crippen LogP contribution in [0.1, 0.15) is 24.1 Å². The van der Waals surface area contributed by atoms with Gasteiger partial charge < -0.3 is 19.9 Å². The number of hydrogen-bond acceptors (Lipinski definition) is 7. The van der Waals surface area contributed by atoms with Gasteiger partial charge in [-0.3, -0.25) is 19.9 Å². The normalized spacial score (nSPS) is 11.7. The molecule has 0 aliphatic rings. The number of phenols is 1. The number of aromatic hydroxyl groups is 1. The van der Waals surface area contributed by atoms with Crippen molar-refractivity contribution in [2.45, 2.75) is 13.0 Å². The van der Waals surface area contributed by atoms with Gasteiger partial charge in [0.1, 0.15) is 11.3 Å². The third-order valence-corrected chi connectivity index (χ3v) is 4.47. The maximum atomic E-state index is 11.9. The van der Waals surface area contributed by atoms with E-state index in [1.54, 1.807) is 24.3 Å². The summed E-state index contributed by atoms with van der Waals surface area (Å²) in [6.45, 7) is 1.32. The van der Waals surface area contributed by atoms with Crippen LogP contribution in [-0.2, 0) is 4.79 Å². The standard InChI is InChI=1S/C20H19N3O6/c1-11(24)22-18(12-6-7-16(28-2)17(9-12)29-3)14-10-15(23(26)27)13-5-4-8-21-19(13)20(14)25/h4-10,18,25H,1-3H3,(H,22,24)/t18-/m1/s1. The third kappa shape index (κ3) is 3.75. The number of pyridine rings is 1. The van der Waals surface area contributed by atoms with Crippen LogP contribution in [-0.4, -0.2) is 35.1 Å². The number of nitrogens with one attached hydrogen (secondary N) is 1. The number of nitro benzene ring substituents is 1. The summed E-state index contributed by atoms with van der Waals surface area (Å²) in [6, 6.07) is 8.38. The number of hydrogen-bond donors (Lipinski definition) is 2. The van der Waals surface area contributed by atoms with E-state index < -0.39 is 11.0 Å². The molecule has 150 valence electrons. The van der Waals surface area contributed by atoms with E-state index in [0.29, 0.717) is 17.1 Å². The number of ether oxygens (including phenoxy) is 2. The fourth-order valence-corrected chi connectivity index (χ4v) is 3.18. The minimum absolute atomic E-state index is 0.0764. The average Bonchev–Trinajstić information content (AvgIpc) is 2.72. The fraction of sp³-hybridized carbons (Fsp3) is 0.200. The Morgan fingerprint density at radius 2 is 1.93 bits per heavy atom. The number of phenolic OH excluding ortho intramolecular Hbond substituents is 1. The molecule has 1 atom stereocenters. The molecule has 0 fully saturated rings. The molecule has 1 heterocycles. The number of methoxy groups -OCH3 is 2. The summed E-state index contributed by atoms with van der Waals surface area (Å²) >= 11 is 0. The molecule has 0 bridgehead atoms. The van der Waals surface area contributed by atoms with Crippen molar-refractivity contribution in [3.05, 3.63) is 63.8 Å². The highest BCUT2D eigenvalue weighted by molar-refractivity contribution is 5.93. The summed E-state index contributed by atoms with van der Waals surface area (Å²) in [5.74, 6) is 0.258. The number of carbonyl (C=O) groups excluding carboxylic acids is 1. The molecule has 9 nitrogen and oxygen atoms in total. The van der Waals surface area contributed by atoms with Crippen molar-refractivity contribution in [1.82, 2.24) is 10.3 Å². The molecule has 0 radical (unpaired) electrons. The van der Waals surface area contributed by atoms with Gasteiger partial charge in [-0.25, -0.2) is 0 Å². The first-order chi connectivity index (χ1) is 13.9. The molecule has 9 heteroatoms. The highest BCUT2D eigenvalue weighted by Gasteiger charge is 2.27. The van der Waals surface area contributed by atoms with Crippen LogP contribution >= 0.6 is 0 Å². The summed E-state index contributed by atoms with van der Waals surface area (Å²) in [7, 11) is 2.96. The van der Waals surface area contributed by atoms with Gasteiger partial charge in [0.05, 0.1) is 30.6 Å². The Bertz CT molecular complexity index is 1100. The number of amides is 1. The summed E-state index contributed by atoms with van der Waals surface area (Å²) in [6.07, 6.45) is 1.43.